The molecule has 2 heterocycles. The third-order valence-corrected chi connectivity index (χ3v) is 5.37. The first-order chi connectivity index (χ1) is 12.2. The molecule has 2 N–H and O–H groups in total. The van der Waals surface area contributed by atoms with E-state index in [1.54, 1.807) is 12.1 Å². The molecule has 0 unspecified atom stereocenters. The fourth-order valence-electron chi connectivity index (χ4n) is 4.06. The van der Waals surface area contributed by atoms with Crippen LogP contribution < -0.4 is 5.73 Å². The summed E-state index contributed by atoms with van der Waals surface area (Å²) in [5.41, 5.74) is 6.64. The van der Waals surface area contributed by atoms with Crippen molar-refractivity contribution < 1.29 is 9.18 Å². The van der Waals surface area contributed by atoms with Gasteiger partial charge in [-0.3, -0.25) is 9.69 Å². The van der Waals surface area contributed by atoms with Gasteiger partial charge in [-0.15, -0.1) is 0 Å². The first kappa shape index (κ1) is 18.1. The van der Waals surface area contributed by atoms with Crippen molar-refractivity contribution in [3.63, 3.8) is 0 Å². The van der Waals surface area contributed by atoms with Crippen molar-refractivity contribution in [2.24, 2.45) is 11.7 Å². The number of halogens is 1. The average Bonchev–Trinajstić information content (AvgIpc) is 2.63. The van der Waals surface area contributed by atoms with Crippen molar-refractivity contribution in [1.29, 1.82) is 0 Å². The van der Waals surface area contributed by atoms with Gasteiger partial charge in [0, 0.05) is 38.6 Å². The van der Waals surface area contributed by atoms with Crippen LogP contribution in [0.3, 0.4) is 0 Å². The third-order valence-electron chi connectivity index (χ3n) is 5.37. The Morgan fingerprint density at radius 1 is 1.24 bits per heavy atom. The normalized spacial score (nSPS) is 24.7. The molecule has 2 saturated heterocycles. The molecule has 3 rings (SSSR count). The second-order valence-electron chi connectivity index (χ2n) is 7.10. The van der Waals surface area contributed by atoms with Crippen LogP contribution in [0.15, 0.2) is 30.3 Å². The number of hydrogen-bond donors (Lipinski definition) is 1. The van der Waals surface area contributed by atoms with E-state index >= 15 is 0 Å². The molecule has 4 nitrogen and oxygen atoms in total. The molecule has 1 amide bonds. The van der Waals surface area contributed by atoms with E-state index in [-0.39, 0.29) is 5.82 Å². The highest BCUT2D eigenvalue weighted by Gasteiger charge is 2.38. The van der Waals surface area contributed by atoms with Gasteiger partial charge < -0.3 is 10.6 Å². The molecule has 0 spiro atoms. The Hall–Kier alpha value is -1.72. The molecule has 136 valence electrons. The molecular weight excluding hydrogens is 317 g/mol. The molecule has 0 saturated carbocycles. The summed E-state index contributed by atoms with van der Waals surface area (Å²) in [5.74, 6) is 0.674. The highest BCUT2D eigenvalue weighted by atomic mass is 19.1. The smallest absolute Gasteiger partial charge is 0.222 e. The summed E-state index contributed by atoms with van der Waals surface area (Å²) in [6.07, 6.45) is 7.80. The van der Waals surface area contributed by atoms with Crippen molar-refractivity contribution in [1.82, 2.24) is 9.80 Å². The first-order valence-corrected chi connectivity index (χ1v) is 9.31. The summed E-state index contributed by atoms with van der Waals surface area (Å²) in [6.45, 7) is 4.41. The predicted molar refractivity (Wildman–Crippen MR) is 98.4 cm³/mol. The molecule has 2 atom stereocenters. The molecule has 2 aliphatic heterocycles. The topological polar surface area (TPSA) is 49.6 Å². The Balaban J connectivity index is 1.52. The Kier molecular flexibility index (Phi) is 6.21. The quantitative estimate of drug-likeness (QED) is 0.862. The number of fused-ring (bicyclic) bond motifs is 1. The van der Waals surface area contributed by atoms with Crippen LogP contribution in [0, 0.1) is 11.7 Å². The Labute approximate surface area is 149 Å². The first-order valence-electron chi connectivity index (χ1n) is 9.31. The van der Waals surface area contributed by atoms with Gasteiger partial charge in [-0.2, -0.15) is 0 Å². The van der Waals surface area contributed by atoms with Gasteiger partial charge in [-0.25, -0.2) is 4.39 Å². The number of hydrogen-bond acceptors (Lipinski definition) is 3. The number of carbonyl (C=O) groups is 1. The van der Waals surface area contributed by atoms with E-state index < -0.39 is 0 Å². The molecule has 25 heavy (non-hydrogen) atoms. The summed E-state index contributed by atoms with van der Waals surface area (Å²) >= 11 is 0. The predicted octanol–water partition coefficient (Wildman–Crippen LogP) is 2.50. The molecule has 2 aliphatic rings. The van der Waals surface area contributed by atoms with Crippen LogP contribution >= 0.6 is 0 Å². The van der Waals surface area contributed by atoms with Crippen LogP contribution in [0.5, 0.6) is 0 Å². The molecule has 0 bridgehead atoms. The number of likely N-dealkylation sites (tertiary alicyclic amines) is 2. The van der Waals surface area contributed by atoms with Gasteiger partial charge in [-0.1, -0.05) is 24.3 Å². The highest BCUT2D eigenvalue weighted by Crippen LogP contribution is 2.31. The van der Waals surface area contributed by atoms with Gasteiger partial charge in [0.1, 0.15) is 5.82 Å². The van der Waals surface area contributed by atoms with Gasteiger partial charge in [-0.05, 0) is 49.4 Å². The van der Waals surface area contributed by atoms with E-state index in [1.165, 1.54) is 12.1 Å². The minimum atomic E-state index is -0.203. The van der Waals surface area contributed by atoms with Crippen molar-refractivity contribution in [3.8, 4) is 0 Å². The number of amides is 1. The number of carbonyl (C=O) groups excluding carboxylic acids is 1. The average molecular weight is 345 g/mol. The Bertz CT molecular complexity index is 601. The highest BCUT2D eigenvalue weighted by molar-refractivity contribution is 5.77. The molecular formula is C20H28FN3O. The van der Waals surface area contributed by atoms with Gasteiger partial charge >= 0.3 is 0 Å². The lowest BCUT2D eigenvalue weighted by Gasteiger charge is -2.47. The van der Waals surface area contributed by atoms with Gasteiger partial charge in [0.05, 0.1) is 0 Å². The Morgan fingerprint density at radius 2 is 2.04 bits per heavy atom. The lowest BCUT2D eigenvalue weighted by Crippen LogP contribution is -2.56. The standard InChI is InChI=1S/C20H28FN3O/c21-18-7-4-16(5-8-18)3-1-12-23-14-10-19-17(15-23)6-9-20(25)24(19)13-2-11-22/h1,3-5,7-8,17,19H,2,6,9-15,22H2/b3-1+/t17-,19+/m0/s1. The summed E-state index contributed by atoms with van der Waals surface area (Å²) in [4.78, 5) is 16.8. The van der Waals surface area contributed by atoms with Crippen LogP contribution in [-0.2, 0) is 4.79 Å². The van der Waals surface area contributed by atoms with E-state index in [4.69, 9.17) is 5.73 Å². The van der Waals surface area contributed by atoms with Crippen molar-refractivity contribution in [2.75, 3.05) is 32.7 Å². The largest absolute Gasteiger partial charge is 0.339 e. The fourth-order valence-corrected chi connectivity index (χ4v) is 4.06. The van der Waals surface area contributed by atoms with Gasteiger partial charge in [0.25, 0.3) is 0 Å². The van der Waals surface area contributed by atoms with E-state index in [0.717, 1.165) is 51.0 Å². The zero-order valence-corrected chi connectivity index (χ0v) is 14.7. The molecule has 1 aromatic rings. The lowest BCUT2D eigenvalue weighted by atomic mass is 9.83. The summed E-state index contributed by atoms with van der Waals surface area (Å²) in [7, 11) is 0. The minimum absolute atomic E-state index is 0.203. The van der Waals surface area contributed by atoms with Gasteiger partial charge in [0.2, 0.25) is 5.91 Å². The monoisotopic (exact) mass is 345 g/mol. The number of nitrogens with zero attached hydrogens (tertiary/aromatic N) is 2. The van der Waals surface area contributed by atoms with Crippen molar-refractivity contribution in [2.45, 2.75) is 31.7 Å². The van der Waals surface area contributed by atoms with Crippen molar-refractivity contribution >= 4 is 12.0 Å². The zero-order chi connectivity index (χ0) is 17.6. The zero-order valence-electron chi connectivity index (χ0n) is 14.7. The SMILES string of the molecule is NCCCN1C(=O)CC[C@H]2CN(C/C=C/c3ccc(F)cc3)CC[C@H]21. The lowest BCUT2D eigenvalue weighted by molar-refractivity contribution is -0.141. The second kappa shape index (κ2) is 8.59. The molecule has 0 aromatic heterocycles. The maximum Gasteiger partial charge on any atom is 0.222 e. The van der Waals surface area contributed by atoms with E-state index in [9.17, 15) is 9.18 Å². The molecule has 2 fully saturated rings. The fraction of sp³-hybridized carbons (Fsp3) is 0.550. The van der Waals surface area contributed by atoms with Crippen LogP contribution in [0.1, 0.15) is 31.2 Å². The minimum Gasteiger partial charge on any atom is -0.339 e. The second-order valence-corrected chi connectivity index (χ2v) is 7.10. The van der Waals surface area contributed by atoms with Crippen LogP contribution in [-0.4, -0.2) is 54.5 Å². The summed E-state index contributed by atoms with van der Waals surface area (Å²) in [6, 6.07) is 6.95. The van der Waals surface area contributed by atoms with Crippen LogP contribution in [0.25, 0.3) is 6.08 Å². The number of benzene rings is 1. The molecule has 0 radical (unpaired) electrons. The number of piperidine rings is 2. The summed E-state index contributed by atoms with van der Waals surface area (Å²) in [5, 5.41) is 0. The van der Waals surface area contributed by atoms with E-state index in [1.807, 2.05) is 6.08 Å². The van der Waals surface area contributed by atoms with E-state index in [0.29, 0.717) is 30.8 Å². The number of rotatable bonds is 6. The summed E-state index contributed by atoms with van der Waals surface area (Å²) < 4.78 is 12.9. The third kappa shape index (κ3) is 4.67. The maximum absolute atomic E-state index is 12.9. The maximum atomic E-state index is 12.9. The molecule has 5 heteroatoms. The van der Waals surface area contributed by atoms with Gasteiger partial charge in [0.15, 0.2) is 0 Å². The number of nitrogens with two attached hydrogens (primary N) is 1. The van der Waals surface area contributed by atoms with Crippen LogP contribution in [0.2, 0.25) is 0 Å². The Morgan fingerprint density at radius 3 is 2.80 bits per heavy atom. The molecule has 0 aliphatic carbocycles. The molecule has 1 aromatic carbocycles. The van der Waals surface area contributed by atoms with E-state index in [2.05, 4.69) is 15.9 Å². The van der Waals surface area contributed by atoms with Crippen LogP contribution in [0.4, 0.5) is 4.39 Å². The van der Waals surface area contributed by atoms with Crippen molar-refractivity contribution in [3.05, 3.63) is 41.7 Å².